The highest BCUT2D eigenvalue weighted by molar-refractivity contribution is 5.14. The Labute approximate surface area is 55.4 Å². The molecule has 0 radical (unpaired) electrons. The van der Waals surface area contributed by atoms with E-state index >= 15 is 0 Å². The van der Waals surface area contributed by atoms with Gasteiger partial charge in [0.15, 0.2) is 0 Å². The SMILES string of the molecule is OC12C=CCCC1CC2. The van der Waals surface area contributed by atoms with Gasteiger partial charge in [0.05, 0.1) is 5.60 Å². The molecule has 1 fully saturated rings. The molecule has 0 saturated heterocycles. The number of hydrogen-bond donors (Lipinski definition) is 1. The minimum atomic E-state index is -0.363. The molecule has 0 aromatic heterocycles. The van der Waals surface area contributed by atoms with Gasteiger partial charge in [-0.1, -0.05) is 12.2 Å². The smallest absolute Gasteiger partial charge is 0.0855 e. The molecule has 2 aliphatic rings. The summed E-state index contributed by atoms with van der Waals surface area (Å²) in [7, 11) is 0. The normalized spacial score (nSPS) is 47.9. The molecule has 0 spiro atoms. The lowest BCUT2D eigenvalue weighted by Gasteiger charge is -2.45. The summed E-state index contributed by atoms with van der Waals surface area (Å²) in [4.78, 5) is 0. The zero-order chi connectivity index (χ0) is 6.32. The first-order chi connectivity index (χ1) is 4.31. The second kappa shape index (κ2) is 1.60. The van der Waals surface area contributed by atoms with Crippen molar-refractivity contribution in [3.8, 4) is 0 Å². The first kappa shape index (κ1) is 5.48. The Morgan fingerprint density at radius 2 is 2.33 bits per heavy atom. The zero-order valence-electron chi connectivity index (χ0n) is 5.51. The Balaban J connectivity index is 2.20. The molecule has 2 atom stereocenters. The van der Waals surface area contributed by atoms with Crippen LogP contribution in [0.1, 0.15) is 25.7 Å². The van der Waals surface area contributed by atoms with Gasteiger partial charge in [-0.3, -0.25) is 0 Å². The largest absolute Gasteiger partial charge is 0.386 e. The Bertz CT molecular complexity index is 151. The van der Waals surface area contributed by atoms with E-state index in [-0.39, 0.29) is 5.60 Å². The van der Waals surface area contributed by atoms with E-state index in [0.29, 0.717) is 5.92 Å². The van der Waals surface area contributed by atoms with E-state index in [1.165, 1.54) is 19.3 Å². The fourth-order valence-electron chi connectivity index (χ4n) is 1.84. The maximum Gasteiger partial charge on any atom is 0.0855 e. The second-order valence-electron chi connectivity index (χ2n) is 3.21. The monoisotopic (exact) mass is 124 g/mol. The molecule has 0 aromatic rings. The van der Waals surface area contributed by atoms with Crippen LogP contribution in [0.15, 0.2) is 12.2 Å². The molecule has 2 aliphatic carbocycles. The molecule has 1 saturated carbocycles. The van der Waals surface area contributed by atoms with Crippen molar-refractivity contribution in [2.24, 2.45) is 5.92 Å². The third-order valence-corrected chi connectivity index (χ3v) is 2.69. The molecule has 9 heavy (non-hydrogen) atoms. The molecular weight excluding hydrogens is 112 g/mol. The summed E-state index contributed by atoms with van der Waals surface area (Å²) in [5.41, 5.74) is -0.363. The predicted octanol–water partition coefficient (Wildman–Crippen LogP) is 1.48. The highest BCUT2D eigenvalue weighted by Crippen LogP contribution is 2.44. The fourth-order valence-corrected chi connectivity index (χ4v) is 1.84. The van der Waals surface area contributed by atoms with Gasteiger partial charge in [0.2, 0.25) is 0 Å². The van der Waals surface area contributed by atoms with Crippen LogP contribution in [0.3, 0.4) is 0 Å². The fraction of sp³-hybridized carbons (Fsp3) is 0.750. The molecule has 0 amide bonds. The maximum atomic E-state index is 9.64. The van der Waals surface area contributed by atoms with Crippen LogP contribution in [0.4, 0.5) is 0 Å². The van der Waals surface area contributed by atoms with Gasteiger partial charge in [0.25, 0.3) is 0 Å². The maximum absolute atomic E-state index is 9.64. The number of rotatable bonds is 0. The molecule has 0 bridgehead atoms. The molecule has 50 valence electrons. The van der Waals surface area contributed by atoms with Gasteiger partial charge in [0.1, 0.15) is 0 Å². The molecular formula is C8H12O. The number of hydrogen-bond acceptors (Lipinski definition) is 1. The third-order valence-electron chi connectivity index (χ3n) is 2.69. The van der Waals surface area contributed by atoms with Crippen molar-refractivity contribution in [3.05, 3.63) is 12.2 Å². The van der Waals surface area contributed by atoms with Crippen LogP contribution in [-0.2, 0) is 0 Å². The molecule has 0 heterocycles. The van der Waals surface area contributed by atoms with Crippen molar-refractivity contribution in [1.82, 2.24) is 0 Å². The van der Waals surface area contributed by atoms with E-state index < -0.39 is 0 Å². The highest BCUT2D eigenvalue weighted by atomic mass is 16.3. The van der Waals surface area contributed by atoms with Gasteiger partial charge in [-0.05, 0) is 31.6 Å². The Morgan fingerprint density at radius 3 is 2.67 bits per heavy atom. The summed E-state index contributed by atoms with van der Waals surface area (Å²) < 4.78 is 0. The van der Waals surface area contributed by atoms with Crippen molar-refractivity contribution in [2.45, 2.75) is 31.3 Å². The van der Waals surface area contributed by atoms with Crippen molar-refractivity contribution in [1.29, 1.82) is 0 Å². The molecule has 1 nitrogen and oxygen atoms in total. The van der Waals surface area contributed by atoms with Gasteiger partial charge in [0, 0.05) is 0 Å². The van der Waals surface area contributed by atoms with Gasteiger partial charge < -0.3 is 5.11 Å². The standard InChI is InChI=1S/C8H12O/c9-8-5-2-1-3-7(8)4-6-8/h2,5,7,9H,1,3-4,6H2. The van der Waals surface area contributed by atoms with Crippen molar-refractivity contribution in [3.63, 3.8) is 0 Å². The summed E-state index contributed by atoms with van der Waals surface area (Å²) in [6.45, 7) is 0. The van der Waals surface area contributed by atoms with Crippen molar-refractivity contribution < 1.29 is 5.11 Å². The van der Waals surface area contributed by atoms with Gasteiger partial charge in [-0.2, -0.15) is 0 Å². The molecule has 0 aliphatic heterocycles. The van der Waals surface area contributed by atoms with Gasteiger partial charge >= 0.3 is 0 Å². The van der Waals surface area contributed by atoms with E-state index in [1.807, 2.05) is 6.08 Å². The zero-order valence-corrected chi connectivity index (χ0v) is 5.51. The molecule has 2 unspecified atom stereocenters. The number of fused-ring (bicyclic) bond motifs is 1. The minimum Gasteiger partial charge on any atom is -0.386 e. The Morgan fingerprint density at radius 1 is 1.44 bits per heavy atom. The van der Waals surface area contributed by atoms with E-state index in [4.69, 9.17) is 0 Å². The van der Waals surface area contributed by atoms with E-state index in [0.717, 1.165) is 6.42 Å². The molecule has 0 aromatic carbocycles. The summed E-state index contributed by atoms with van der Waals surface area (Å²) in [6.07, 6.45) is 8.70. The quantitative estimate of drug-likeness (QED) is 0.485. The molecule has 1 heteroatoms. The molecule has 1 N–H and O–H groups in total. The first-order valence-electron chi connectivity index (χ1n) is 3.71. The van der Waals surface area contributed by atoms with Crippen LogP contribution in [0.25, 0.3) is 0 Å². The van der Waals surface area contributed by atoms with Crippen LogP contribution in [0.2, 0.25) is 0 Å². The first-order valence-corrected chi connectivity index (χ1v) is 3.71. The number of aliphatic hydroxyl groups is 1. The number of allylic oxidation sites excluding steroid dienone is 1. The van der Waals surface area contributed by atoms with Crippen LogP contribution in [0, 0.1) is 5.92 Å². The van der Waals surface area contributed by atoms with Crippen LogP contribution in [0.5, 0.6) is 0 Å². The lowest BCUT2D eigenvalue weighted by Crippen LogP contribution is -2.46. The topological polar surface area (TPSA) is 20.2 Å². The van der Waals surface area contributed by atoms with Crippen molar-refractivity contribution in [2.75, 3.05) is 0 Å². The Hall–Kier alpha value is -0.300. The van der Waals surface area contributed by atoms with E-state index in [1.54, 1.807) is 0 Å². The lowest BCUT2D eigenvalue weighted by molar-refractivity contribution is -0.0594. The minimum absolute atomic E-state index is 0.363. The Kier molecular flexibility index (Phi) is 0.974. The van der Waals surface area contributed by atoms with Gasteiger partial charge in [-0.15, -0.1) is 0 Å². The summed E-state index contributed by atoms with van der Waals surface area (Å²) in [5.74, 6) is 0.600. The van der Waals surface area contributed by atoms with Crippen LogP contribution in [-0.4, -0.2) is 10.7 Å². The summed E-state index contributed by atoms with van der Waals surface area (Å²) in [5, 5.41) is 9.64. The summed E-state index contributed by atoms with van der Waals surface area (Å²) in [6, 6.07) is 0. The highest BCUT2D eigenvalue weighted by Gasteiger charge is 2.43. The summed E-state index contributed by atoms with van der Waals surface area (Å²) >= 11 is 0. The second-order valence-corrected chi connectivity index (χ2v) is 3.21. The average Bonchev–Trinajstić information content (AvgIpc) is 1.82. The molecule has 2 rings (SSSR count). The van der Waals surface area contributed by atoms with E-state index in [9.17, 15) is 5.11 Å². The van der Waals surface area contributed by atoms with Crippen LogP contribution >= 0.6 is 0 Å². The third kappa shape index (κ3) is 0.645. The average molecular weight is 124 g/mol. The van der Waals surface area contributed by atoms with Gasteiger partial charge in [-0.25, -0.2) is 0 Å². The lowest BCUT2D eigenvalue weighted by atomic mass is 9.65. The van der Waals surface area contributed by atoms with Crippen molar-refractivity contribution >= 4 is 0 Å². The van der Waals surface area contributed by atoms with E-state index in [2.05, 4.69) is 6.08 Å². The predicted molar refractivity (Wildman–Crippen MR) is 36.0 cm³/mol. The van der Waals surface area contributed by atoms with Crippen LogP contribution < -0.4 is 0 Å².